The van der Waals surface area contributed by atoms with E-state index in [-0.39, 0.29) is 6.04 Å². The summed E-state index contributed by atoms with van der Waals surface area (Å²) < 4.78 is 39.7. The SMILES string of the molecule is CCNC(C)c1csc(NC(=O)COCC(F)(F)F)n1. The zero-order valence-electron chi connectivity index (χ0n) is 11.1. The van der Waals surface area contributed by atoms with Crippen LogP contribution in [-0.2, 0) is 9.53 Å². The van der Waals surface area contributed by atoms with Gasteiger partial charge in [-0.05, 0) is 13.5 Å². The second-order valence-corrected chi connectivity index (χ2v) is 4.87. The molecule has 1 aromatic rings. The van der Waals surface area contributed by atoms with Gasteiger partial charge in [0.15, 0.2) is 5.13 Å². The fourth-order valence-electron chi connectivity index (χ4n) is 1.37. The first-order chi connectivity index (χ1) is 9.31. The number of nitrogens with zero attached hydrogens (tertiary/aromatic N) is 1. The molecule has 5 nitrogen and oxygen atoms in total. The van der Waals surface area contributed by atoms with Crippen LogP contribution in [0, 0.1) is 0 Å². The predicted molar refractivity (Wildman–Crippen MR) is 69.7 cm³/mol. The predicted octanol–water partition coefficient (Wildman–Crippen LogP) is 2.33. The van der Waals surface area contributed by atoms with Gasteiger partial charge in [-0.15, -0.1) is 11.3 Å². The van der Waals surface area contributed by atoms with Gasteiger partial charge in [0, 0.05) is 11.4 Å². The van der Waals surface area contributed by atoms with Crippen LogP contribution in [0.3, 0.4) is 0 Å². The summed E-state index contributed by atoms with van der Waals surface area (Å²) in [5, 5.41) is 7.67. The Balaban J connectivity index is 2.39. The first-order valence-corrected chi connectivity index (χ1v) is 6.83. The highest BCUT2D eigenvalue weighted by atomic mass is 32.1. The topological polar surface area (TPSA) is 63.2 Å². The zero-order valence-corrected chi connectivity index (χ0v) is 11.9. The average molecular weight is 311 g/mol. The quantitative estimate of drug-likeness (QED) is 0.811. The molecule has 1 aromatic heterocycles. The van der Waals surface area contributed by atoms with Gasteiger partial charge in [-0.3, -0.25) is 10.1 Å². The lowest BCUT2D eigenvalue weighted by molar-refractivity contribution is -0.174. The highest BCUT2D eigenvalue weighted by molar-refractivity contribution is 7.13. The third kappa shape index (κ3) is 6.31. The molecule has 0 aromatic carbocycles. The molecule has 0 aliphatic rings. The van der Waals surface area contributed by atoms with E-state index in [2.05, 4.69) is 20.4 Å². The Bertz CT molecular complexity index is 437. The van der Waals surface area contributed by atoms with Crippen molar-refractivity contribution in [3.63, 3.8) is 0 Å². The Morgan fingerprint density at radius 3 is 2.85 bits per heavy atom. The molecule has 0 aliphatic carbocycles. The lowest BCUT2D eigenvalue weighted by atomic mass is 10.3. The fraction of sp³-hybridized carbons (Fsp3) is 0.636. The number of carbonyl (C=O) groups is 1. The minimum Gasteiger partial charge on any atom is -0.362 e. The van der Waals surface area contributed by atoms with Gasteiger partial charge in [0.2, 0.25) is 0 Å². The van der Waals surface area contributed by atoms with Crippen LogP contribution in [0.2, 0.25) is 0 Å². The number of thiazole rings is 1. The first kappa shape index (κ1) is 16.9. The highest BCUT2D eigenvalue weighted by Crippen LogP contribution is 2.20. The molecule has 0 fully saturated rings. The van der Waals surface area contributed by atoms with E-state index in [4.69, 9.17) is 0 Å². The lowest BCUT2D eigenvalue weighted by Gasteiger charge is -2.08. The van der Waals surface area contributed by atoms with Crippen molar-refractivity contribution in [2.45, 2.75) is 26.1 Å². The van der Waals surface area contributed by atoms with E-state index in [9.17, 15) is 18.0 Å². The number of hydrogen-bond donors (Lipinski definition) is 2. The Hall–Kier alpha value is -1.19. The van der Waals surface area contributed by atoms with Crippen molar-refractivity contribution in [2.75, 3.05) is 25.1 Å². The Kier molecular flexibility index (Phi) is 6.37. The lowest BCUT2D eigenvalue weighted by Crippen LogP contribution is -2.24. The smallest absolute Gasteiger partial charge is 0.362 e. The summed E-state index contributed by atoms with van der Waals surface area (Å²) in [6.45, 7) is 2.57. The van der Waals surface area contributed by atoms with Gasteiger partial charge in [0.05, 0.1) is 5.69 Å². The summed E-state index contributed by atoms with van der Waals surface area (Å²) in [5.41, 5.74) is 0.767. The van der Waals surface area contributed by atoms with Crippen LogP contribution in [0.5, 0.6) is 0 Å². The summed E-state index contributed by atoms with van der Waals surface area (Å²) in [6, 6.07) is 0.0448. The zero-order chi connectivity index (χ0) is 15.2. The molecule has 1 rings (SSSR count). The molecule has 20 heavy (non-hydrogen) atoms. The Labute approximate surface area is 118 Å². The molecule has 1 heterocycles. The maximum atomic E-state index is 11.8. The van der Waals surface area contributed by atoms with Gasteiger partial charge in [-0.2, -0.15) is 13.2 Å². The van der Waals surface area contributed by atoms with Crippen LogP contribution in [0.4, 0.5) is 18.3 Å². The van der Waals surface area contributed by atoms with E-state index in [1.54, 1.807) is 5.38 Å². The number of alkyl halides is 3. The van der Waals surface area contributed by atoms with Gasteiger partial charge < -0.3 is 10.1 Å². The number of carbonyl (C=O) groups excluding carboxylic acids is 1. The number of aromatic nitrogens is 1. The number of anilines is 1. The van der Waals surface area contributed by atoms with Crippen molar-refractivity contribution >= 4 is 22.4 Å². The van der Waals surface area contributed by atoms with Gasteiger partial charge in [0.25, 0.3) is 5.91 Å². The number of hydrogen-bond acceptors (Lipinski definition) is 5. The molecule has 0 radical (unpaired) electrons. The van der Waals surface area contributed by atoms with Crippen molar-refractivity contribution in [3.05, 3.63) is 11.1 Å². The molecular formula is C11H16F3N3O2S. The maximum Gasteiger partial charge on any atom is 0.411 e. The molecular weight excluding hydrogens is 295 g/mol. The Morgan fingerprint density at radius 1 is 1.55 bits per heavy atom. The number of amides is 1. The van der Waals surface area contributed by atoms with Crippen LogP contribution in [0.15, 0.2) is 5.38 Å². The molecule has 1 unspecified atom stereocenters. The van der Waals surface area contributed by atoms with E-state index in [1.165, 1.54) is 11.3 Å². The van der Waals surface area contributed by atoms with Crippen molar-refractivity contribution in [1.82, 2.24) is 10.3 Å². The summed E-state index contributed by atoms with van der Waals surface area (Å²) in [4.78, 5) is 15.5. The highest BCUT2D eigenvalue weighted by Gasteiger charge is 2.27. The number of rotatable bonds is 7. The normalized spacial score (nSPS) is 13.2. The maximum absolute atomic E-state index is 11.8. The van der Waals surface area contributed by atoms with Crippen LogP contribution in [-0.4, -0.2) is 36.8 Å². The monoisotopic (exact) mass is 311 g/mol. The molecule has 0 saturated heterocycles. The largest absolute Gasteiger partial charge is 0.411 e. The molecule has 0 bridgehead atoms. The van der Waals surface area contributed by atoms with E-state index in [0.717, 1.165) is 12.2 Å². The first-order valence-electron chi connectivity index (χ1n) is 5.95. The summed E-state index contributed by atoms with van der Waals surface area (Å²) in [7, 11) is 0. The third-order valence-electron chi connectivity index (χ3n) is 2.22. The van der Waals surface area contributed by atoms with Crippen LogP contribution in [0.1, 0.15) is 25.6 Å². The van der Waals surface area contributed by atoms with Crippen molar-refractivity contribution in [2.24, 2.45) is 0 Å². The summed E-state index contributed by atoms with van der Waals surface area (Å²) in [6.07, 6.45) is -4.43. The van der Waals surface area contributed by atoms with E-state index in [1.807, 2.05) is 13.8 Å². The molecule has 0 aliphatic heterocycles. The van der Waals surface area contributed by atoms with Crippen LogP contribution in [0.25, 0.3) is 0 Å². The standard InChI is InChI=1S/C11H16F3N3O2S/c1-3-15-7(2)8-5-20-10(16-8)17-9(18)4-19-6-11(12,13)14/h5,7,15H,3-4,6H2,1-2H3,(H,16,17,18). The Morgan fingerprint density at radius 2 is 2.25 bits per heavy atom. The van der Waals surface area contributed by atoms with Crippen molar-refractivity contribution in [1.29, 1.82) is 0 Å². The van der Waals surface area contributed by atoms with Crippen LogP contribution >= 0.6 is 11.3 Å². The molecule has 0 spiro atoms. The van der Waals surface area contributed by atoms with E-state index in [0.29, 0.717) is 5.13 Å². The third-order valence-corrected chi connectivity index (χ3v) is 3.00. The van der Waals surface area contributed by atoms with Crippen LogP contribution < -0.4 is 10.6 Å². The minimum atomic E-state index is -4.43. The molecule has 2 N–H and O–H groups in total. The van der Waals surface area contributed by atoms with Gasteiger partial charge >= 0.3 is 6.18 Å². The van der Waals surface area contributed by atoms with Gasteiger partial charge in [-0.25, -0.2) is 4.98 Å². The van der Waals surface area contributed by atoms with Crippen molar-refractivity contribution < 1.29 is 22.7 Å². The van der Waals surface area contributed by atoms with Crippen molar-refractivity contribution in [3.8, 4) is 0 Å². The van der Waals surface area contributed by atoms with Gasteiger partial charge in [-0.1, -0.05) is 6.92 Å². The number of nitrogens with one attached hydrogen (secondary N) is 2. The second kappa shape index (κ2) is 7.55. The minimum absolute atomic E-state index is 0.0448. The second-order valence-electron chi connectivity index (χ2n) is 4.01. The number of halogens is 3. The average Bonchev–Trinajstić information content (AvgIpc) is 2.76. The molecule has 114 valence electrons. The molecule has 1 atom stereocenters. The summed E-state index contributed by atoms with van der Waals surface area (Å²) in [5.74, 6) is -0.661. The molecule has 9 heteroatoms. The number of ether oxygens (including phenoxy) is 1. The summed E-state index contributed by atoms with van der Waals surface area (Å²) >= 11 is 1.21. The fourth-order valence-corrected chi connectivity index (χ4v) is 2.19. The van der Waals surface area contributed by atoms with Gasteiger partial charge in [0.1, 0.15) is 13.2 Å². The van der Waals surface area contributed by atoms with E-state index < -0.39 is 25.3 Å². The molecule has 1 amide bonds. The molecule has 0 saturated carbocycles. The van der Waals surface area contributed by atoms with E-state index >= 15 is 0 Å².